The van der Waals surface area contributed by atoms with Gasteiger partial charge in [0.05, 0.1) is 22.8 Å². The maximum atomic E-state index is 12.1. The lowest BCUT2D eigenvalue weighted by atomic mass is 10.2. The Kier molecular flexibility index (Phi) is 21.7. The molecule has 2 heterocycles. The topological polar surface area (TPSA) is 237 Å². The Bertz CT molecular complexity index is 1380. The molecule has 0 saturated heterocycles. The molecule has 0 aliphatic heterocycles. The number of sulfonamides is 1. The van der Waals surface area contributed by atoms with E-state index in [0.717, 1.165) is 59.2 Å². The third-order valence-corrected chi connectivity index (χ3v) is 3.82. The van der Waals surface area contributed by atoms with Gasteiger partial charge >= 0.3 is 5.69 Å². The number of hydrogen-bond donors (Lipinski definition) is 5. The summed E-state index contributed by atoms with van der Waals surface area (Å²) in [7, 11) is -3.17. The third-order valence-electron chi connectivity index (χ3n) is 3.39. The maximum Gasteiger partial charge on any atom is 0.332 e. The lowest BCUT2D eigenvalue weighted by molar-refractivity contribution is -0.194. The fourth-order valence-corrected chi connectivity index (χ4v) is 2.61. The molecule has 0 bridgehead atoms. The molecular formula is C21H34N6O9S3. The number of fused-ring (bicyclic) bond motifs is 5. The second kappa shape index (κ2) is 22.1. The SMILES string of the molecule is CC.CC(=O)O.CS(N)(=O)=O.CSOON.CSOON.O=c1[nH]c2ccccc2c2nc3ccccc3n12. The third kappa shape index (κ3) is 17.4. The maximum absolute atomic E-state index is 12.1. The largest absolute Gasteiger partial charge is 0.481 e. The predicted molar refractivity (Wildman–Crippen MR) is 154 cm³/mol. The highest BCUT2D eigenvalue weighted by atomic mass is 32.2. The van der Waals surface area contributed by atoms with Crippen LogP contribution < -0.4 is 22.6 Å². The second-order valence-corrected chi connectivity index (χ2v) is 8.84. The van der Waals surface area contributed by atoms with E-state index in [-0.39, 0.29) is 5.69 Å². The fraction of sp³-hybridized carbons (Fsp3) is 0.286. The van der Waals surface area contributed by atoms with Crippen LogP contribution in [0.4, 0.5) is 0 Å². The molecule has 39 heavy (non-hydrogen) atoms. The van der Waals surface area contributed by atoms with Crippen LogP contribution in [0, 0.1) is 0 Å². The number of hydrogen-bond acceptors (Lipinski definition) is 13. The van der Waals surface area contributed by atoms with Crippen molar-refractivity contribution in [3.05, 3.63) is 59.0 Å². The van der Waals surface area contributed by atoms with Crippen molar-refractivity contribution in [1.29, 1.82) is 0 Å². The van der Waals surface area contributed by atoms with Gasteiger partial charge in [-0.1, -0.05) is 38.1 Å². The van der Waals surface area contributed by atoms with E-state index < -0.39 is 16.0 Å². The van der Waals surface area contributed by atoms with Crippen molar-refractivity contribution >= 4 is 67.7 Å². The molecule has 2 aromatic heterocycles. The molecule has 4 rings (SSSR count). The van der Waals surface area contributed by atoms with E-state index >= 15 is 0 Å². The van der Waals surface area contributed by atoms with Crippen molar-refractivity contribution in [3.8, 4) is 0 Å². The van der Waals surface area contributed by atoms with Crippen molar-refractivity contribution in [2.45, 2.75) is 20.8 Å². The highest BCUT2D eigenvalue weighted by Gasteiger charge is 2.09. The number of nitrogens with one attached hydrogen (secondary N) is 1. The molecule has 2 aromatic carbocycles. The number of H-pyrrole nitrogens is 1. The highest BCUT2D eigenvalue weighted by molar-refractivity contribution is 7.94. The van der Waals surface area contributed by atoms with Gasteiger partial charge in [0, 0.05) is 48.9 Å². The normalized spacial score (nSPS) is 9.77. The zero-order valence-electron chi connectivity index (χ0n) is 22.2. The summed E-state index contributed by atoms with van der Waals surface area (Å²) in [5.41, 5.74) is 3.03. The number of primary sulfonamides is 1. The lowest BCUT2D eigenvalue weighted by Gasteiger charge is -1.99. The number of aliphatic carboxylic acids is 1. The van der Waals surface area contributed by atoms with Crippen molar-refractivity contribution in [2.75, 3.05) is 18.8 Å². The van der Waals surface area contributed by atoms with Crippen LogP contribution in [-0.2, 0) is 33.5 Å². The number of rotatable bonds is 4. The molecule has 0 unspecified atom stereocenters. The number of carbonyl (C=O) groups is 1. The Labute approximate surface area is 234 Å². The van der Waals surface area contributed by atoms with Crippen molar-refractivity contribution in [1.82, 2.24) is 14.4 Å². The lowest BCUT2D eigenvalue weighted by Crippen LogP contribution is -2.15. The van der Waals surface area contributed by atoms with Gasteiger partial charge in [0.25, 0.3) is 5.97 Å². The Morgan fingerprint density at radius 1 is 1.00 bits per heavy atom. The first kappa shape index (κ1) is 38.4. The van der Waals surface area contributed by atoms with Crippen LogP contribution in [0.25, 0.3) is 27.6 Å². The van der Waals surface area contributed by atoms with E-state index in [2.05, 4.69) is 45.5 Å². The monoisotopic (exact) mass is 610 g/mol. The number of benzene rings is 2. The molecule has 0 atom stereocenters. The molecule has 0 spiro atoms. The number of para-hydroxylation sites is 3. The van der Waals surface area contributed by atoms with Gasteiger partial charge in [-0.3, -0.25) is 4.79 Å². The van der Waals surface area contributed by atoms with E-state index in [1.807, 2.05) is 62.4 Å². The van der Waals surface area contributed by atoms with Crippen LogP contribution in [0.15, 0.2) is 53.3 Å². The van der Waals surface area contributed by atoms with Crippen molar-refractivity contribution in [3.63, 3.8) is 0 Å². The summed E-state index contributed by atoms with van der Waals surface area (Å²) in [5, 5.41) is 12.7. The van der Waals surface area contributed by atoms with Crippen LogP contribution in [0.2, 0.25) is 0 Å². The molecule has 0 amide bonds. The first-order chi connectivity index (χ1) is 18.4. The molecule has 15 nitrogen and oxygen atoms in total. The van der Waals surface area contributed by atoms with Crippen molar-refractivity contribution < 1.29 is 37.0 Å². The van der Waals surface area contributed by atoms with Crippen LogP contribution in [-0.4, -0.2) is 52.6 Å². The quantitative estimate of drug-likeness (QED) is 0.127. The fourth-order valence-electron chi connectivity index (χ4n) is 2.45. The standard InChI is InChI=1S/C14H9N3O.C2H4O2.C2H6.3CH5NO2S/c18-14-16-10-6-2-1-5-9(10)13-15-11-7-3-4-8-12(11)17(13)14;1-2(3)4;1-2;1-5(2,3)4;2*1-5-4-3-2/h1-8H,(H,16,18);1H3,(H,3,4);1-2H3;1H3,(H2,2,3,4);2*2H2,1H3. The van der Waals surface area contributed by atoms with Crippen LogP contribution in [0.1, 0.15) is 20.8 Å². The number of carboxylic acid groups (broad SMARTS) is 1. The Hall–Kier alpha value is -2.78. The van der Waals surface area contributed by atoms with Gasteiger partial charge in [-0.2, -0.15) is 11.8 Å². The number of nitrogens with zero attached hydrogens (tertiary/aromatic N) is 2. The van der Waals surface area contributed by atoms with Gasteiger partial charge in [-0.15, -0.1) is 18.6 Å². The first-order valence-corrected chi connectivity index (χ1v) is 14.8. The van der Waals surface area contributed by atoms with E-state index in [1.54, 1.807) is 16.9 Å². The number of aromatic amines is 1. The first-order valence-electron chi connectivity index (χ1n) is 10.6. The molecule has 0 saturated carbocycles. The molecular weight excluding hydrogens is 576 g/mol. The van der Waals surface area contributed by atoms with Gasteiger partial charge in [-0.25, -0.2) is 27.7 Å². The molecule has 0 aliphatic carbocycles. The summed E-state index contributed by atoms with van der Waals surface area (Å²) in [4.78, 5) is 35.9. The summed E-state index contributed by atoms with van der Waals surface area (Å²) in [6.45, 7) is 5.08. The van der Waals surface area contributed by atoms with E-state index in [4.69, 9.17) is 9.90 Å². The van der Waals surface area contributed by atoms with Gasteiger partial charge in [0.1, 0.15) is 0 Å². The van der Waals surface area contributed by atoms with Gasteiger partial charge in [-0.05, 0) is 24.3 Å². The second-order valence-electron chi connectivity index (χ2n) is 6.25. The summed E-state index contributed by atoms with van der Waals surface area (Å²) in [5.74, 6) is 7.96. The zero-order chi connectivity index (χ0) is 30.4. The number of aromatic nitrogens is 3. The van der Waals surface area contributed by atoms with E-state index in [1.165, 1.54) is 0 Å². The molecule has 0 radical (unpaired) electrons. The van der Waals surface area contributed by atoms with Crippen LogP contribution in [0.3, 0.4) is 0 Å². The summed E-state index contributed by atoms with van der Waals surface area (Å²) in [6, 6.07) is 15.3. The smallest absolute Gasteiger partial charge is 0.332 e. The van der Waals surface area contributed by atoms with Gasteiger partial charge in [0.15, 0.2) is 5.65 Å². The van der Waals surface area contributed by atoms with Crippen LogP contribution in [0.5, 0.6) is 0 Å². The number of carboxylic acids is 1. The van der Waals surface area contributed by atoms with E-state index in [9.17, 15) is 13.2 Å². The minimum absolute atomic E-state index is 0.155. The minimum Gasteiger partial charge on any atom is -0.481 e. The molecule has 0 aliphatic rings. The summed E-state index contributed by atoms with van der Waals surface area (Å²) < 4.78 is 28.5. The Morgan fingerprint density at radius 2 is 1.44 bits per heavy atom. The summed E-state index contributed by atoms with van der Waals surface area (Å²) >= 11 is 2.11. The van der Waals surface area contributed by atoms with Crippen LogP contribution >= 0.6 is 24.1 Å². The molecule has 220 valence electrons. The van der Waals surface area contributed by atoms with Gasteiger partial charge < -0.3 is 10.1 Å². The molecule has 18 heteroatoms. The number of imidazole rings is 1. The highest BCUT2D eigenvalue weighted by Crippen LogP contribution is 2.20. The average molecular weight is 611 g/mol. The van der Waals surface area contributed by atoms with Gasteiger partial charge in [0.2, 0.25) is 10.0 Å². The predicted octanol–water partition coefficient (Wildman–Crippen LogP) is 2.52. The summed E-state index contributed by atoms with van der Waals surface area (Å²) in [6.07, 6.45) is 4.34. The number of nitrogens with two attached hydrogens (primary N) is 3. The Morgan fingerprint density at radius 3 is 1.87 bits per heavy atom. The minimum atomic E-state index is -3.17. The molecule has 4 aromatic rings. The average Bonchev–Trinajstić information content (AvgIpc) is 3.27. The molecule has 8 N–H and O–H groups in total. The van der Waals surface area contributed by atoms with E-state index in [0.29, 0.717) is 5.65 Å². The zero-order valence-corrected chi connectivity index (χ0v) is 24.6. The molecule has 0 fully saturated rings. The Balaban J connectivity index is 0. The van der Waals surface area contributed by atoms with Crippen molar-refractivity contribution in [2.24, 2.45) is 16.9 Å².